The van der Waals surface area contributed by atoms with Gasteiger partial charge in [-0.3, -0.25) is 0 Å². The highest BCUT2D eigenvalue weighted by Crippen LogP contribution is 2.23. The molecule has 0 N–H and O–H groups in total. The molecule has 4 rings (SSSR count). The summed E-state index contributed by atoms with van der Waals surface area (Å²) in [6.07, 6.45) is 1.95. The molecular formula is C17H18N4O2S. The summed E-state index contributed by atoms with van der Waals surface area (Å²) in [5.41, 5.74) is 0. The van der Waals surface area contributed by atoms with E-state index in [2.05, 4.69) is 10.2 Å². The second kappa shape index (κ2) is 5.68. The zero-order chi connectivity index (χ0) is 16.7. The van der Waals surface area contributed by atoms with Gasteiger partial charge in [0.15, 0.2) is 0 Å². The van der Waals surface area contributed by atoms with Gasteiger partial charge in [0.25, 0.3) is 0 Å². The minimum absolute atomic E-state index is 0.224. The molecule has 0 saturated heterocycles. The summed E-state index contributed by atoms with van der Waals surface area (Å²) in [6, 6.07) is 12.9. The van der Waals surface area contributed by atoms with Crippen LogP contribution in [0.4, 0.5) is 0 Å². The van der Waals surface area contributed by atoms with Crippen LogP contribution < -0.4 is 0 Å². The number of nitrogens with zero attached hydrogens (tertiary/aromatic N) is 4. The molecule has 0 spiro atoms. The Morgan fingerprint density at radius 3 is 2.75 bits per heavy atom. The minimum Gasteiger partial charge on any atom is -0.314 e. The first-order valence-electron chi connectivity index (χ1n) is 7.92. The van der Waals surface area contributed by atoms with Crippen LogP contribution in [0.1, 0.15) is 18.1 Å². The molecule has 0 unspecified atom stereocenters. The van der Waals surface area contributed by atoms with Gasteiger partial charge in [0.2, 0.25) is 10.0 Å². The molecule has 2 aromatic carbocycles. The fourth-order valence-electron chi connectivity index (χ4n) is 3.12. The highest BCUT2D eigenvalue weighted by atomic mass is 32.2. The predicted molar refractivity (Wildman–Crippen MR) is 90.9 cm³/mol. The van der Waals surface area contributed by atoms with Crippen molar-refractivity contribution in [2.24, 2.45) is 0 Å². The molecule has 7 heteroatoms. The molecule has 0 saturated carbocycles. The number of fused-ring (bicyclic) bond motifs is 2. The van der Waals surface area contributed by atoms with Crippen LogP contribution in [0, 0.1) is 0 Å². The summed E-state index contributed by atoms with van der Waals surface area (Å²) >= 11 is 0. The Balaban J connectivity index is 1.65. The second-order valence-corrected chi connectivity index (χ2v) is 8.10. The minimum atomic E-state index is -3.57. The third kappa shape index (κ3) is 2.50. The second-order valence-electron chi connectivity index (χ2n) is 6.06. The molecule has 0 atom stereocenters. The summed E-state index contributed by atoms with van der Waals surface area (Å²) in [5.74, 6) is 1.65. The summed E-state index contributed by atoms with van der Waals surface area (Å²) < 4.78 is 29.1. The van der Waals surface area contributed by atoms with E-state index in [1.165, 1.54) is 4.31 Å². The van der Waals surface area contributed by atoms with Crippen molar-refractivity contribution in [2.75, 3.05) is 7.05 Å². The lowest BCUT2D eigenvalue weighted by atomic mass is 10.1. The van der Waals surface area contributed by atoms with E-state index in [4.69, 9.17) is 0 Å². The molecule has 0 bridgehead atoms. The number of aryl methyl sites for hydroxylation is 1. The Kier molecular flexibility index (Phi) is 3.62. The standard InChI is InChI=1S/C17H18N4O2S/c1-20(12-17-19-18-16-7-4-10-21(16)17)24(22,23)15-9-8-13-5-2-3-6-14(13)11-15/h2-3,5-6,8-9,11H,4,7,10,12H2,1H3. The number of benzene rings is 2. The predicted octanol–water partition coefficient (Wildman–Crippen LogP) is 2.20. The summed E-state index contributed by atoms with van der Waals surface area (Å²) in [5, 5.41) is 10.2. The summed E-state index contributed by atoms with van der Waals surface area (Å²) in [7, 11) is -1.99. The average Bonchev–Trinajstić information content (AvgIpc) is 3.19. The molecule has 0 amide bonds. The SMILES string of the molecule is CN(Cc1nnc2n1CCC2)S(=O)(=O)c1ccc2ccccc2c1. The smallest absolute Gasteiger partial charge is 0.243 e. The lowest BCUT2D eigenvalue weighted by Crippen LogP contribution is -2.28. The molecule has 1 aromatic heterocycles. The lowest BCUT2D eigenvalue weighted by molar-refractivity contribution is 0.447. The average molecular weight is 342 g/mol. The van der Waals surface area contributed by atoms with Gasteiger partial charge in [-0.05, 0) is 29.3 Å². The number of sulfonamides is 1. The highest BCUT2D eigenvalue weighted by molar-refractivity contribution is 7.89. The number of aromatic nitrogens is 3. The van der Waals surface area contributed by atoms with Gasteiger partial charge in [0.1, 0.15) is 11.6 Å². The van der Waals surface area contributed by atoms with E-state index in [0.29, 0.717) is 10.7 Å². The van der Waals surface area contributed by atoms with Crippen LogP contribution in [0.3, 0.4) is 0 Å². The van der Waals surface area contributed by atoms with Gasteiger partial charge >= 0.3 is 0 Å². The third-order valence-electron chi connectivity index (χ3n) is 4.48. The maximum Gasteiger partial charge on any atom is 0.243 e. The first-order chi connectivity index (χ1) is 11.6. The Morgan fingerprint density at radius 1 is 1.12 bits per heavy atom. The molecule has 6 nitrogen and oxygen atoms in total. The summed E-state index contributed by atoms with van der Waals surface area (Å²) in [4.78, 5) is 0.296. The fraction of sp³-hybridized carbons (Fsp3) is 0.294. The molecule has 24 heavy (non-hydrogen) atoms. The monoisotopic (exact) mass is 342 g/mol. The zero-order valence-electron chi connectivity index (χ0n) is 13.4. The lowest BCUT2D eigenvalue weighted by Gasteiger charge is -2.17. The maximum absolute atomic E-state index is 12.9. The van der Waals surface area contributed by atoms with Crippen molar-refractivity contribution in [3.05, 3.63) is 54.1 Å². The van der Waals surface area contributed by atoms with E-state index < -0.39 is 10.0 Å². The molecule has 0 radical (unpaired) electrons. The molecule has 2 heterocycles. The van der Waals surface area contributed by atoms with Crippen molar-refractivity contribution < 1.29 is 8.42 Å². The van der Waals surface area contributed by atoms with Crippen molar-refractivity contribution in [2.45, 2.75) is 30.8 Å². The molecule has 0 aliphatic carbocycles. The number of hydrogen-bond donors (Lipinski definition) is 0. The van der Waals surface area contributed by atoms with Crippen LogP contribution in [-0.2, 0) is 29.5 Å². The van der Waals surface area contributed by atoms with Gasteiger partial charge in [-0.15, -0.1) is 10.2 Å². The van der Waals surface area contributed by atoms with Gasteiger partial charge in [0.05, 0.1) is 11.4 Å². The molecule has 1 aliphatic rings. The van der Waals surface area contributed by atoms with E-state index in [-0.39, 0.29) is 6.54 Å². The van der Waals surface area contributed by atoms with Crippen LogP contribution >= 0.6 is 0 Å². The zero-order valence-corrected chi connectivity index (χ0v) is 14.2. The van der Waals surface area contributed by atoms with Crippen LogP contribution in [0.2, 0.25) is 0 Å². The van der Waals surface area contributed by atoms with Crippen molar-refractivity contribution >= 4 is 20.8 Å². The molecular weight excluding hydrogens is 324 g/mol. The first kappa shape index (κ1) is 15.3. The van der Waals surface area contributed by atoms with Gasteiger partial charge in [-0.2, -0.15) is 4.31 Å². The van der Waals surface area contributed by atoms with Crippen LogP contribution in [0.5, 0.6) is 0 Å². The third-order valence-corrected chi connectivity index (χ3v) is 6.28. The first-order valence-corrected chi connectivity index (χ1v) is 9.36. The van der Waals surface area contributed by atoms with Gasteiger partial charge < -0.3 is 4.57 Å². The van der Waals surface area contributed by atoms with Crippen LogP contribution in [-0.4, -0.2) is 34.5 Å². The fourth-order valence-corrected chi connectivity index (χ4v) is 4.28. The van der Waals surface area contributed by atoms with Crippen molar-refractivity contribution in [3.63, 3.8) is 0 Å². The normalized spacial score (nSPS) is 14.4. The number of hydrogen-bond acceptors (Lipinski definition) is 4. The number of rotatable bonds is 4. The van der Waals surface area contributed by atoms with Crippen molar-refractivity contribution in [1.82, 2.24) is 19.1 Å². The quantitative estimate of drug-likeness (QED) is 0.729. The highest BCUT2D eigenvalue weighted by Gasteiger charge is 2.25. The van der Waals surface area contributed by atoms with Gasteiger partial charge in [-0.25, -0.2) is 8.42 Å². The van der Waals surface area contributed by atoms with Gasteiger partial charge in [0, 0.05) is 20.0 Å². The molecule has 1 aliphatic heterocycles. The van der Waals surface area contributed by atoms with E-state index in [0.717, 1.165) is 36.0 Å². The largest absolute Gasteiger partial charge is 0.314 e. The molecule has 3 aromatic rings. The Bertz CT molecular complexity index is 1010. The van der Waals surface area contributed by atoms with Crippen molar-refractivity contribution in [3.8, 4) is 0 Å². The maximum atomic E-state index is 12.9. The van der Waals surface area contributed by atoms with E-state index in [1.807, 2.05) is 34.9 Å². The van der Waals surface area contributed by atoms with Crippen LogP contribution in [0.15, 0.2) is 47.4 Å². The van der Waals surface area contributed by atoms with E-state index >= 15 is 0 Å². The summed E-state index contributed by atoms with van der Waals surface area (Å²) in [6.45, 7) is 1.09. The van der Waals surface area contributed by atoms with E-state index in [9.17, 15) is 8.42 Å². The Morgan fingerprint density at radius 2 is 1.92 bits per heavy atom. The molecule has 124 valence electrons. The molecule has 0 fully saturated rings. The van der Waals surface area contributed by atoms with Crippen LogP contribution in [0.25, 0.3) is 10.8 Å². The Labute approximate surface area is 140 Å². The topological polar surface area (TPSA) is 68.1 Å². The van der Waals surface area contributed by atoms with E-state index in [1.54, 1.807) is 19.2 Å². The van der Waals surface area contributed by atoms with Crippen molar-refractivity contribution in [1.29, 1.82) is 0 Å². The Hall–Kier alpha value is -2.25. The van der Waals surface area contributed by atoms with Gasteiger partial charge in [-0.1, -0.05) is 30.3 Å².